The maximum Gasteiger partial charge on any atom is 0.312 e. The number of carbonyl (C=O) groups is 2. The third kappa shape index (κ3) is 2.95. The molecule has 1 heterocycles. The second-order valence-corrected chi connectivity index (χ2v) is 15.4. The van der Waals surface area contributed by atoms with E-state index in [1.165, 1.54) is 18.2 Å². The summed E-state index contributed by atoms with van der Waals surface area (Å²) in [4.78, 5) is 27.9. The molecule has 0 bridgehead atoms. The summed E-state index contributed by atoms with van der Waals surface area (Å²) in [6, 6.07) is 0. The van der Waals surface area contributed by atoms with Crippen molar-refractivity contribution in [2.24, 2.45) is 44.8 Å². The predicted molar refractivity (Wildman–Crippen MR) is 142 cm³/mol. The Bertz CT molecular complexity index is 1210. The van der Waals surface area contributed by atoms with Gasteiger partial charge in [0.1, 0.15) is 5.76 Å². The molecule has 0 aliphatic heterocycles. The Morgan fingerprint density at radius 1 is 1.03 bits per heavy atom. The fourth-order valence-corrected chi connectivity index (χ4v) is 10.9. The highest BCUT2D eigenvalue weighted by Crippen LogP contribution is 2.74. The monoisotopic (exact) mass is 507 g/mol. The Labute approximate surface area is 222 Å². The summed E-state index contributed by atoms with van der Waals surface area (Å²) in [5, 5.41) is 4.19. The molecule has 0 radical (unpaired) electrons. The zero-order chi connectivity index (χ0) is 26.8. The Kier molecular flexibility index (Phi) is 5.06. The molecule has 0 unspecified atom stereocenters. The lowest BCUT2D eigenvalue weighted by Crippen LogP contribution is -2.66. The van der Waals surface area contributed by atoms with Crippen LogP contribution in [0.4, 0.5) is 0 Å². The van der Waals surface area contributed by atoms with Crippen molar-refractivity contribution >= 4 is 11.8 Å². The van der Waals surface area contributed by atoms with Crippen molar-refractivity contribution in [3.63, 3.8) is 0 Å². The summed E-state index contributed by atoms with van der Waals surface area (Å²) in [7, 11) is 1.52. The van der Waals surface area contributed by atoms with Gasteiger partial charge in [-0.3, -0.25) is 9.59 Å². The molecule has 7 atom stereocenters. The van der Waals surface area contributed by atoms with Crippen LogP contribution < -0.4 is 0 Å². The molecule has 1 aromatic rings. The van der Waals surface area contributed by atoms with E-state index in [1.54, 1.807) is 0 Å². The third-order valence-corrected chi connectivity index (χ3v) is 12.9. The highest BCUT2D eigenvalue weighted by Gasteiger charge is 2.71. The van der Waals surface area contributed by atoms with Crippen LogP contribution in [-0.2, 0) is 26.2 Å². The van der Waals surface area contributed by atoms with Gasteiger partial charge in [0.05, 0.1) is 18.7 Å². The smallest absolute Gasteiger partial charge is 0.312 e. The number of carbonyl (C=O) groups excluding carboxylic acids is 2. The van der Waals surface area contributed by atoms with Gasteiger partial charge in [0.25, 0.3) is 0 Å². The van der Waals surface area contributed by atoms with Crippen LogP contribution in [0.1, 0.15) is 105 Å². The average Bonchev–Trinajstić information content (AvgIpc) is 3.28. The van der Waals surface area contributed by atoms with Gasteiger partial charge in [0, 0.05) is 16.9 Å². The van der Waals surface area contributed by atoms with Gasteiger partial charge in [0.2, 0.25) is 0 Å². The number of rotatable bonds is 1. The lowest BCUT2D eigenvalue weighted by molar-refractivity contribution is -0.191. The second-order valence-electron chi connectivity index (χ2n) is 15.4. The number of hydrogen-bond acceptors (Lipinski definition) is 5. The number of methoxy groups -OCH3 is 1. The summed E-state index contributed by atoms with van der Waals surface area (Å²) in [6.45, 7) is 16.5. The zero-order valence-electron chi connectivity index (χ0n) is 24.1. The molecule has 5 aliphatic rings. The van der Waals surface area contributed by atoms with Crippen LogP contribution in [0.15, 0.2) is 22.4 Å². The minimum absolute atomic E-state index is 0.0302. The van der Waals surface area contributed by atoms with Gasteiger partial charge >= 0.3 is 5.97 Å². The van der Waals surface area contributed by atoms with Gasteiger partial charge in [-0.05, 0) is 90.9 Å². The molecule has 5 nitrogen and oxygen atoms in total. The lowest BCUT2D eigenvalue weighted by Gasteiger charge is -2.69. The minimum Gasteiger partial charge on any atom is -0.469 e. The summed E-state index contributed by atoms with van der Waals surface area (Å²) in [5.41, 5.74) is 1.59. The van der Waals surface area contributed by atoms with E-state index in [-0.39, 0.29) is 50.7 Å². The van der Waals surface area contributed by atoms with Gasteiger partial charge in [-0.1, -0.05) is 59.2 Å². The Morgan fingerprint density at radius 2 is 1.73 bits per heavy atom. The number of hydrogen-bond donors (Lipinski definition) is 0. The quantitative estimate of drug-likeness (QED) is 0.389. The molecule has 0 aromatic carbocycles. The van der Waals surface area contributed by atoms with E-state index in [2.05, 4.69) is 59.7 Å². The zero-order valence-corrected chi connectivity index (χ0v) is 24.1. The van der Waals surface area contributed by atoms with E-state index in [4.69, 9.17) is 9.26 Å². The van der Waals surface area contributed by atoms with Crippen LogP contribution in [0.5, 0.6) is 0 Å². The first kappa shape index (κ1) is 25.4. The van der Waals surface area contributed by atoms with Crippen LogP contribution in [0.25, 0.3) is 0 Å². The Morgan fingerprint density at radius 3 is 2.43 bits per heavy atom. The average molecular weight is 508 g/mol. The lowest BCUT2D eigenvalue weighted by atomic mass is 9.34. The number of aromatic nitrogens is 1. The summed E-state index contributed by atoms with van der Waals surface area (Å²) in [5.74, 6) is 1.46. The number of nitrogens with zero attached hydrogens (tertiary/aromatic N) is 1. The molecule has 5 aliphatic carbocycles. The highest BCUT2D eigenvalue weighted by atomic mass is 16.5. The van der Waals surface area contributed by atoms with Gasteiger partial charge in [-0.15, -0.1) is 0 Å². The summed E-state index contributed by atoms with van der Waals surface area (Å²) >= 11 is 0. The fraction of sp³-hybridized carbons (Fsp3) is 0.781. The van der Waals surface area contributed by atoms with E-state index >= 15 is 0 Å². The highest BCUT2D eigenvalue weighted by molar-refractivity contribution is 5.96. The topological polar surface area (TPSA) is 69.4 Å². The van der Waals surface area contributed by atoms with Crippen molar-refractivity contribution in [2.75, 3.05) is 7.11 Å². The van der Waals surface area contributed by atoms with Gasteiger partial charge < -0.3 is 9.26 Å². The molecule has 0 N–H and O–H groups in total. The van der Waals surface area contributed by atoms with E-state index in [0.717, 1.165) is 57.1 Å². The molecule has 6 rings (SSSR count). The Balaban J connectivity index is 1.51. The van der Waals surface area contributed by atoms with Crippen molar-refractivity contribution in [3.05, 3.63) is 29.2 Å². The molecule has 0 saturated heterocycles. The molecule has 0 spiro atoms. The first-order chi connectivity index (χ1) is 17.2. The molecule has 202 valence electrons. The number of fused-ring (bicyclic) bond motifs is 8. The number of ether oxygens (including phenoxy) is 1. The van der Waals surface area contributed by atoms with Crippen molar-refractivity contribution in [2.45, 2.75) is 105 Å². The summed E-state index contributed by atoms with van der Waals surface area (Å²) in [6.07, 6.45) is 11.5. The number of allylic oxidation sites excluding steroid dienone is 2. The van der Waals surface area contributed by atoms with Crippen molar-refractivity contribution in [1.29, 1.82) is 0 Å². The van der Waals surface area contributed by atoms with Gasteiger partial charge in [-0.2, -0.15) is 0 Å². The molecule has 5 heteroatoms. The van der Waals surface area contributed by atoms with Crippen LogP contribution in [0, 0.1) is 44.8 Å². The minimum atomic E-state index is -0.531. The fourth-order valence-electron chi connectivity index (χ4n) is 10.9. The molecule has 37 heavy (non-hydrogen) atoms. The van der Waals surface area contributed by atoms with E-state index in [0.29, 0.717) is 5.92 Å². The van der Waals surface area contributed by atoms with E-state index < -0.39 is 5.41 Å². The van der Waals surface area contributed by atoms with Crippen molar-refractivity contribution < 1.29 is 18.8 Å². The first-order valence-corrected chi connectivity index (χ1v) is 14.5. The third-order valence-electron chi connectivity index (χ3n) is 12.9. The number of ketones is 1. The van der Waals surface area contributed by atoms with Crippen LogP contribution in [0.3, 0.4) is 0 Å². The molecule has 3 fully saturated rings. The van der Waals surface area contributed by atoms with Gasteiger partial charge in [0.15, 0.2) is 5.78 Å². The SMILES string of the molecule is COC(=O)[C@@]12CCC(C)(C)C[C@H]1[C@H]1C(=O)C=C3[C@]4(C)Cc5cnoc5C(C)(C)[C@@H]4CC[C@]3(C)[C@@]1(C)CC2. The molecule has 0 amide bonds. The van der Waals surface area contributed by atoms with Crippen LogP contribution in [0.2, 0.25) is 0 Å². The molecular formula is C32H45NO4. The number of esters is 1. The molecular weight excluding hydrogens is 462 g/mol. The van der Waals surface area contributed by atoms with E-state index in [1.807, 2.05) is 6.20 Å². The maximum atomic E-state index is 14.5. The first-order valence-electron chi connectivity index (χ1n) is 14.5. The second kappa shape index (κ2) is 7.39. The molecule has 3 saturated carbocycles. The maximum absolute atomic E-state index is 14.5. The van der Waals surface area contributed by atoms with Crippen molar-refractivity contribution in [1.82, 2.24) is 5.16 Å². The summed E-state index contributed by atoms with van der Waals surface area (Å²) < 4.78 is 11.2. The van der Waals surface area contributed by atoms with Crippen molar-refractivity contribution in [3.8, 4) is 0 Å². The normalized spacial score (nSPS) is 45.4. The predicted octanol–water partition coefficient (Wildman–Crippen LogP) is 6.84. The van der Waals surface area contributed by atoms with Crippen LogP contribution >= 0.6 is 0 Å². The standard InChI is InChI=1S/C32H45NO4/c1-27(2)11-13-32(26(35)36-8)14-12-31(7)24(20(32)17-27)21(34)15-23-29(5)16-19-18-33-37-25(19)28(3,4)22(29)9-10-30(23,31)6/h15,18,20,22,24H,9-14,16-17H2,1-8H3/t20-,22-,24-,29+,30-,31-,32+/m0/s1. The van der Waals surface area contributed by atoms with Gasteiger partial charge in [-0.25, -0.2) is 0 Å². The Hall–Kier alpha value is -1.91. The van der Waals surface area contributed by atoms with Crippen LogP contribution in [-0.4, -0.2) is 24.0 Å². The largest absolute Gasteiger partial charge is 0.469 e. The molecule has 1 aromatic heterocycles. The van der Waals surface area contributed by atoms with E-state index in [9.17, 15) is 9.59 Å².